The van der Waals surface area contributed by atoms with Crippen molar-refractivity contribution < 1.29 is 8.42 Å². The van der Waals surface area contributed by atoms with Crippen molar-refractivity contribution in [1.82, 2.24) is 0 Å². The van der Waals surface area contributed by atoms with Crippen LogP contribution in [0.1, 0.15) is 18.5 Å². The largest absolute Gasteiger partial charge is 0.324 e. The van der Waals surface area contributed by atoms with E-state index in [2.05, 4.69) is 0 Å². The van der Waals surface area contributed by atoms with Crippen molar-refractivity contribution in [2.45, 2.75) is 27.7 Å². The highest BCUT2D eigenvalue weighted by atomic mass is 35.5. The number of hydrogen-bond donors (Lipinski definition) is 1. The van der Waals surface area contributed by atoms with E-state index in [1.165, 1.54) is 18.0 Å². The average molecular weight is 342 g/mol. The summed E-state index contributed by atoms with van der Waals surface area (Å²) >= 11 is 7.72. The highest BCUT2D eigenvalue weighted by Gasteiger charge is 2.09. The molecule has 0 fully saturated rings. The standard InChI is InChI=1S/C15H16ClNO2S2/c1-10(17)14-8-5-12(9-15(14)16)20-11-3-6-13(7-4-11)21(2,18)19/h3-10H,17H2,1-2H3. The summed E-state index contributed by atoms with van der Waals surface area (Å²) in [6.45, 7) is 1.89. The van der Waals surface area contributed by atoms with Crippen molar-refractivity contribution in [3.63, 3.8) is 0 Å². The summed E-state index contributed by atoms with van der Waals surface area (Å²) in [5, 5.41) is 0.641. The topological polar surface area (TPSA) is 60.2 Å². The van der Waals surface area contributed by atoms with Crippen LogP contribution in [0.25, 0.3) is 0 Å². The van der Waals surface area contributed by atoms with E-state index in [9.17, 15) is 8.42 Å². The molecule has 2 aromatic carbocycles. The Labute approximate surface area is 134 Å². The van der Waals surface area contributed by atoms with Gasteiger partial charge < -0.3 is 5.73 Å². The molecular formula is C15H16ClNO2S2. The Kier molecular flexibility index (Phi) is 4.99. The minimum absolute atomic E-state index is 0.106. The lowest BCUT2D eigenvalue weighted by atomic mass is 10.1. The number of rotatable bonds is 4. The summed E-state index contributed by atoms with van der Waals surface area (Å²) in [7, 11) is -3.16. The Morgan fingerprint density at radius 1 is 1.10 bits per heavy atom. The minimum Gasteiger partial charge on any atom is -0.324 e. The van der Waals surface area contributed by atoms with Crippen LogP contribution >= 0.6 is 23.4 Å². The first-order valence-electron chi connectivity index (χ1n) is 6.30. The van der Waals surface area contributed by atoms with Crippen LogP contribution in [0.15, 0.2) is 57.2 Å². The van der Waals surface area contributed by atoms with Crippen molar-refractivity contribution in [3.8, 4) is 0 Å². The average Bonchev–Trinajstić information content (AvgIpc) is 2.38. The molecule has 0 radical (unpaired) electrons. The Bertz CT molecular complexity index is 741. The van der Waals surface area contributed by atoms with Gasteiger partial charge in [0.15, 0.2) is 9.84 Å². The zero-order valence-corrected chi connectivity index (χ0v) is 14.1. The highest BCUT2D eigenvalue weighted by Crippen LogP contribution is 2.32. The molecule has 0 amide bonds. The lowest BCUT2D eigenvalue weighted by Crippen LogP contribution is -2.05. The molecular weight excluding hydrogens is 326 g/mol. The lowest BCUT2D eigenvalue weighted by Gasteiger charge is -2.10. The van der Waals surface area contributed by atoms with Crippen molar-refractivity contribution >= 4 is 33.2 Å². The molecule has 2 rings (SSSR count). The Morgan fingerprint density at radius 2 is 1.67 bits per heavy atom. The lowest BCUT2D eigenvalue weighted by molar-refractivity contribution is 0.602. The maximum atomic E-state index is 11.4. The van der Waals surface area contributed by atoms with Gasteiger partial charge in [-0.25, -0.2) is 8.42 Å². The molecule has 6 heteroatoms. The number of halogens is 1. The minimum atomic E-state index is -3.16. The quantitative estimate of drug-likeness (QED) is 0.915. The third kappa shape index (κ3) is 4.23. The smallest absolute Gasteiger partial charge is 0.175 e. The number of nitrogens with two attached hydrogens (primary N) is 1. The fourth-order valence-corrected chi connectivity index (χ4v) is 3.74. The van der Waals surface area contributed by atoms with Crippen LogP contribution < -0.4 is 5.73 Å². The number of sulfone groups is 1. The van der Waals surface area contributed by atoms with E-state index in [4.69, 9.17) is 17.3 Å². The van der Waals surface area contributed by atoms with Crippen LogP contribution in [0.5, 0.6) is 0 Å². The van der Waals surface area contributed by atoms with Crippen molar-refractivity contribution in [2.24, 2.45) is 5.73 Å². The zero-order chi connectivity index (χ0) is 15.6. The Hall–Kier alpha value is -1.01. The van der Waals surface area contributed by atoms with Crippen molar-refractivity contribution in [1.29, 1.82) is 0 Å². The van der Waals surface area contributed by atoms with E-state index in [1.807, 2.05) is 25.1 Å². The second kappa shape index (κ2) is 6.40. The van der Waals surface area contributed by atoms with Gasteiger partial charge in [0, 0.05) is 27.1 Å². The molecule has 0 aliphatic carbocycles. The summed E-state index contributed by atoms with van der Waals surface area (Å²) in [5.41, 5.74) is 6.74. The molecule has 0 spiro atoms. The van der Waals surface area contributed by atoms with Gasteiger partial charge in [0.25, 0.3) is 0 Å². The van der Waals surface area contributed by atoms with Crippen LogP contribution in [0.3, 0.4) is 0 Å². The maximum absolute atomic E-state index is 11.4. The van der Waals surface area contributed by atoms with Crippen LogP contribution in [0.4, 0.5) is 0 Å². The molecule has 112 valence electrons. The second-order valence-corrected chi connectivity index (χ2v) is 8.39. The van der Waals surface area contributed by atoms with E-state index in [1.54, 1.807) is 24.3 Å². The SMILES string of the molecule is CC(N)c1ccc(Sc2ccc(S(C)(=O)=O)cc2)cc1Cl. The van der Waals surface area contributed by atoms with E-state index < -0.39 is 9.84 Å². The monoisotopic (exact) mass is 341 g/mol. The summed E-state index contributed by atoms with van der Waals surface area (Å²) in [6, 6.07) is 12.4. The summed E-state index contributed by atoms with van der Waals surface area (Å²) in [5.74, 6) is 0. The molecule has 0 saturated heterocycles. The third-order valence-corrected chi connectivity index (χ3v) is 5.40. The van der Waals surface area contributed by atoms with E-state index in [-0.39, 0.29) is 6.04 Å². The van der Waals surface area contributed by atoms with Gasteiger partial charge in [-0.3, -0.25) is 0 Å². The van der Waals surface area contributed by atoms with Crippen LogP contribution in [0.2, 0.25) is 5.02 Å². The number of benzene rings is 2. The first-order chi connectivity index (χ1) is 9.77. The molecule has 0 aliphatic heterocycles. The first kappa shape index (κ1) is 16.4. The van der Waals surface area contributed by atoms with Gasteiger partial charge in [0.2, 0.25) is 0 Å². The van der Waals surface area contributed by atoms with E-state index >= 15 is 0 Å². The molecule has 0 heterocycles. The van der Waals surface area contributed by atoms with Gasteiger partial charge in [0.05, 0.1) is 4.90 Å². The Balaban J connectivity index is 2.21. The van der Waals surface area contributed by atoms with Gasteiger partial charge in [-0.15, -0.1) is 0 Å². The maximum Gasteiger partial charge on any atom is 0.175 e. The first-order valence-corrected chi connectivity index (χ1v) is 9.39. The fraction of sp³-hybridized carbons (Fsp3) is 0.200. The highest BCUT2D eigenvalue weighted by molar-refractivity contribution is 7.99. The predicted molar refractivity (Wildman–Crippen MR) is 87.7 cm³/mol. The van der Waals surface area contributed by atoms with Gasteiger partial charge in [-0.05, 0) is 48.9 Å². The molecule has 0 aliphatic rings. The van der Waals surface area contributed by atoms with Gasteiger partial charge >= 0.3 is 0 Å². The predicted octanol–water partition coefficient (Wildman–Crippen LogP) is 3.91. The van der Waals surface area contributed by atoms with Crippen LogP contribution in [-0.4, -0.2) is 14.7 Å². The molecule has 0 bridgehead atoms. The Morgan fingerprint density at radius 3 is 2.14 bits per heavy atom. The van der Waals surface area contributed by atoms with Gasteiger partial charge in [-0.2, -0.15) is 0 Å². The molecule has 0 saturated carbocycles. The third-order valence-electron chi connectivity index (χ3n) is 2.95. The van der Waals surface area contributed by atoms with E-state index in [0.29, 0.717) is 9.92 Å². The van der Waals surface area contributed by atoms with E-state index in [0.717, 1.165) is 15.4 Å². The summed E-state index contributed by atoms with van der Waals surface area (Å²) in [6.07, 6.45) is 1.20. The van der Waals surface area contributed by atoms with Gasteiger partial charge in [-0.1, -0.05) is 29.4 Å². The zero-order valence-electron chi connectivity index (χ0n) is 11.7. The van der Waals surface area contributed by atoms with Gasteiger partial charge in [0.1, 0.15) is 0 Å². The number of hydrogen-bond acceptors (Lipinski definition) is 4. The van der Waals surface area contributed by atoms with Crippen LogP contribution in [-0.2, 0) is 9.84 Å². The molecule has 21 heavy (non-hydrogen) atoms. The molecule has 2 N–H and O–H groups in total. The molecule has 1 unspecified atom stereocenters. The normalized spacial score (nSPS) is 13.1. The van der Waals surface area contributed by atoms with Crippen molar-refractivity contribution in [3.05, 3.63) is 53.1 Å². The second-order valence-electron chi connectivity index (χ2n) is 4.82. The molecule has 2 aromatic rings. The van der Waals surface area contributed by atoms with Crippen molar-refractivity contribution in [2.75, 3.05) is 6.26 Å². The molecule has 3 nitrogen and oxygen atoms in total. The molecule has 1 atom stereocenters. The van der Waals surface area contributed by atoms with Crippen LogP contribution in [0, 0.1) is 0 Å². The molecule has 0 aromatic heterocycles. The summed E-state index contributed by atoms with van der Waals surface area (Å²) in [4.78, 5) is 2.25. The summed E-state index contributed by atoms with van der Waals surface area (Å²) < 4.78 is 22.8. The fourth-order valence-electron chi connectivity index (χ4n) is 1.83.